The molecule has 1 rings (SSSR count). The Morgan fingerprint density at radius 3 is 2.75 bits per heavy atom. The highest BCUT2D eigenvalue weighted by Gasteiger charge is 2.39. The van der Waals surface area contributed by atoms with Gasteiger partial charge in [0, 0.05) is 17.1 Å². The molecule has 0 bridgehead atoms. The smallest absolute Gasteiger partial charge is 0.138 e. The molecule has 2 N–H and O–H groups in total. The largest absolute Gasteiger partial charge is 0.330 e. The average molecular weight is 187 g/mol. The second kappa shape index (κ2) is 3.79. The molecular formula is C9H17NOS. The van der Waals surface area contributed by atoms with E-state index in [1.54, 1.807) is 0 Å². The van der Waals surface area contributed by atoms with E-state index < -0.39 is 0 Å². The van der Waals surface area contributed by atoms with Crippen molar-refractivity contribution in [2.75, 3.05) is 12.3 Å². The fourth-order valence-electron chi connectivity index (χ4n) is 1.75. The van der Waals surface area contributed by atoms with E-state index in [0.29, 0.717) is 18.7 Å². The predicted molar refractivity (Wildman–Crippen MR) is 53.3 cm³/mol. The number of carbonyl (C=O) groups excluding carboxylic acids is 1. The maximum absolute atomic E-state index is 11.6. The van der Waals surface area contributed by atoms with Gasteiger partial charge in [0.05, 0.1) is 0 Å². The second-order valence-corrected chi connectivity index (χ2v) is 5.55. The van der Waals surface area contributed by atoms with E-state index in [9.17, 15) is 4.79 Å². The SMILES string of the molecule is CC1(C)SCCC1C(=O)CCN. The minimum atomic E-state index is 0.145. The zero-order valence-electron chi connectivity index (χ0n) is 7.80. The van der Waals surface area contributed by atoms with Crippen LogP contribution in [0.2, 0.25) is 0 Å². The van der Waals surface area contributed by atoms with Crippen molar-refractivity contribution in [1.82, 2.24) is 0 Å². The maximum atomic E-state index is 11.6. The van der Waals surface area contributed by atoms with Crippen LogP contribution in [0.3, 0.4) is 0 Å². The third-order valence-corrected chi connectivity index (χ3v) is 3.97. The molecule has 0 aromatic rings. The topological polar surface area (TPSA) is 43.1 Å². The van der Waals surface area contributed by atoms with Crippen LogP contribution in [0, 0.1) is 5.92 Å². The summed E-state index contributed by atoms with van der Waals surface area (Å²) in [6.45, 7) is 4.81. The van der Waals surface area contributed by atoms with Gasteiger partial charge in [0.2, 0.25) is 0 Å². The molecule has 12 heavy (non-hydrogen) atoms. The molecule has 3 heteroatoms. The first-order valence-electron chi connectivity index (χ1n) is 4.44. The molecular weight excluding hydrogens is 170 g/mol. The number of thioether (sulfide) groups is 1. The Balaban J connectivity index is 2.56. The van der Waals surface area contributed by atoms with E-state index in [0.717, 1.165) is 12.2 Å². The van der Waals surface area contributed by atoms with Gasteiger partial charge in [-0.2, -0.15) is 11.8 Å². The summed E-state index contributed by atoms with van der Waals surface area (Å²) in [5.74, 6) is 1.71. The summed E-state index contributed by atoms with van der Waals surface area (Å²) in [6.07, 6.45) is 1.59. The van der Waals surface area contributed by atoms with Gasteiger partial charge in [0.1, 0.15) is 5.78 Å². The quantitative estimate of drug-likeness (QED) is 0.727. The monoisotopic (exact) mass is 187 g/mol. The molecule has 1 aliphatic heterocycles. The molecule has 1 unspecified atom stereocenters. The Morgan fingerprint density at radius 2 is 2.33 bits per heavy atom. The number of hydrogen-bond donors (Lipinski definition) is 1. The van der Waals surface area contributed by atoms with Gasteiger partial charge in [0.15, 0.2) is 0 Å². The summed E-state index contributed by atoms with van der Waals surface area (Å²) in [5.41, 5.74) is 5.36. The molecule has 0 aromatic carbocycles. The van der Waals surface area contributed by atoms with Gasteiger partial charge in [-0.15, -0.1) is 0 Å². The van der Waals surface area contributed by atoms with Gasteiger partial charge in [-0.3, -0.25) is 4.79 Å². The molecule has 1 fully saturated rings. The van der Waals surface area contributed by atoms with Gasteiger partial charge in [-0.25, -0.2) is 0 Å². The van der Waals surface area contributed by atoms with Crippen molar-refractivity contribution < 1.29 is 4.79 Å². The molecule has 0 amide bonds. The van der Waals surface area contributed by atoms with Crippen LogP contribution in [0.5, 0.6) is 0 Å². The summed E-state index contributed by atoms with van der Waals surface area (Å²) in [5, 5.41) is 0. The van der Waals surface area contributed by atoms with Crippen molar-refractivity contribution in [3.8, 4) is 0 Å². The lowest BCUT2D eigenvalue weighted by Crippen LogP contribution is -2.30. The molecule has 0 aromatic heterocycles. The van der Waals surface area contributed by atoms with Crippen molar-refractivity contribution in [3.63, 3.8) is 0 Å². The minimum Gasteiger partial charge on any atom is -0.330 e. The van der Waals surface area contributed by atoms with Crippen LogP contribution < -0.4 is 5.73 Å². The Morgan fingerprint density at radius 1 is 1.67 bits per heavy atom. The van der Waals surface area contributed by atoms with E-state index in [2.05, 4.69) is 13.8 Å². The van der Waals surface area contributed by atoms with Crippen molar-refractivity contribution in [2.24, 2.45) is 11.7 Å². The molecule has 1 heterocycles. The zero-order chi connectivity index (χ0) is 9.19. The Bertz CT molecular complexity index is 179. The molecule has 1 aliphatic rings. The number of rotatable bonds is 3. The van der Waals surface area contributed by atoms with Crippen molar-refractivity contribution >= 4 is 17.5 Å². The minimum absolute atomic E-state index is 0.145. The second-order valence-electron chi connectivity index (χ2n) is 3.80. The number of carbonyl (C=O) groups is 1. The van der Waals surface area contributed by atoms with Gasteiger partial charge < -0.3 is 5.73 Å². The van der Waals surface area contributed by atoms with Gasteiger partial charge in [-0.05, 0) is 32.6 Å². The lowest BCUT2D eigenvalue weighted by Gasteiger charge is -2.24. The third-order valence-electron chi connectivity index (χ3n) is 2.50. The van der Waals surface area contributed by atoms with E-state index >= 15 is 0 Å². The third kappa shape index (κ3) is 2.02. The lowest BCUT2D eigenvalue weighted by atomic mass is 9.87. The van der Waals surface area contributed by atoms with Gasteiger partial charge >= 0.3 is 0 Å². The summed E-state index contributed by atoms with van der Waals surface area (Å²) in [7, 11) is 0. The zero-order valence-corrected chi connectivity index (χ0v) is 8.62. The average Bonchev–Trinajstić information content (AvgIpc) is 2.30. The van der Waals surface area contributed by atoms with Crippen LogP contribution in [0.4, 0.5) is 0 Å². The summed E-state index contributed by atoms with van der Waals surface area (Å²) in [6, 6.07) is 0. The van der Waals surface area contributed by atoms with Crippen LogP contribution in [0.15, 0.2) is 0 Å². The Hall–Kier alpha value is -0.0200. The first-order chi connectivity index (χ1) is 5.58. The van der Waals surface area contributed by atoms with Crippen LogP contribution in [-0.4, -0.2) is 22.8 Å². The molecule has 0 radical (unpaired) electrons. The molecule has 0 aliphatic carbocycles. The first kappa shape index (κ1) is 10.1. The van der Waals surface area contributed by atoms with Gasteiger partial charge in [0.25, 0.3) is 0 Å². The standard InChI is InChI=1S/C9H17NOS/c1-9(2)7(4-6-12-9)8(11)3-5-10/h7H,3-6,10H2,1-2H3. The fraction of sp³-hybridized carbons (Fsp3) is 0.889. The molecule has 0 spiro atoms. The highest BCUT2D eigenvalue weighted by Crippen LogP contribution is 2.42. The van der Waals surface area contributed by atoms with E-state index in [1.807, 2.05) is 11.8 Å². The maximum Gasteiger partial charge on any atom is 0.138 e. The number of hydrogen-bond acceptors (Lipinski definition) is 3. The summed E-state index contributed by atoms with van der Waals surface area (Å²) >= 11 is 1.90. The number of Topliss-reactive ketones (excluding diaryl/α,β-unsaturated/α-hetero) is 1. The Kier molecular flexibility index (Phi) is 3.18. The first-order valence-corrected chi connectivity index (χ1v) is 5.43. The van der Waals surface area contributed by atoms with E-state index in [1.165, 1.54) is 0 Å². The molecule has 2 nitrogen and oxygen atoms in total. The van der Waals surface area contributed by atoms with Gasteiger partial charge in [-0.1, -0.05) is 0 Å². The van der Waals surface area contributed by atoms with E-state index in [4.69, 9.17) is 5.73 Å². The highest BCUT2D eigenvalue weighted by molar-refractivity contribution is 8.00. The molecule has 70 valence electrons. The lowest BCUT2D eigenvalue weighted by molar-refractivity contribution is -0.123. The van der Waals surface area contributed by atoms with Crippen molar-refractivity contribution in [3.05, 3.63) is 0 Å². The van der Waals surface area contributed by atoms with Crippen molar-refractivity contribution in [1.29, 1.82) is 0 Å². The molecule has 1 saturated heterocycles. The van der Waals surface area contributed by atoms with Crippen LogP contribution in [0.25, 0.3) is 0 Å². The number of nitrogens with two attached hydrogens (primary N) is 1. The predicted octanol–water partition coefficient (Wildman–Crippen LogP) is 1.44. The molecule has 1 atom stereocenters. The van der Waals surface area contributed by atoms with Crippen LogP contribution >= 0.6 is 11.8 Å². The molecule has 0 saturated carbocycles. The van der Waals surface area contributed by atoms with Crippen molar-refractivity contribution in [2.45, 2.75) is 31.4 Å². The van der Waals surface area contributed by atoms with Crippen LogP contribution in [0.1, 0.15) is 26.7 Å². The highest BCUT2D eigenvalue weighted by atomic mass is 32.2. The van der Waals surface area contributed by atoms with Crippen LogP contribution in [-0.2, 0) is 4.79 Å². The summed E-state index contributed by atoms with van der Waals surface area (Å²) < 4.78 is 0.145. The number of ketones is 1. The summed E-state index contributed by atoms with van der Waals surface area (Å²) in [4.78, 5) is 11.6. The fourth-order valence-corrected chi connectivity index (χ4v) is 3.08. The normalized spacial score (nSPS) is 27.4. The Labute approximate surface area is 78.3 Å². The van der Waals surface area contributed by atoms with E-state index in [-0.39, 0.29) is 10.7 Å².